The van der Waals surface area contributed by atoms with E-state index < -0.39 is 0 Å². The van der Waals surface area contributed by atoms with Gasteiger partial charge in [-0.1, -0.05) is 35.5 Å². The Hall–Kier alpha value is -0.900. The Morgan fingerprint density at radius 2 is 1.96 bits per heavy atom. The topological polar surface area (TPSA) is 38.7 Å². The lowest BCUT2D eigenvalue weighted by molar-refractivity contribution is -0.155. The highest BCUT2D eigenvalue weighted by Crippen LogP contribution is 2.15. The molecule has 1 heterocycles. The first kappa shape index (κ1) is 20.1. The van der Waals surface area contributed by atoms with Crippen molar-refractivity contribution in [3.8, 4) is 0 Å². The summed E-state index contributed by atoms with van der Waals surface area (Å²) in [6.07, 6.45) is 11.2. The van der Waals surface area contributed by atoms with Crippen LogP contribution in [0.15, 0.2) is 35.5 Å². The van der Waals surface area contributed by atoms with E-state index in [1.54, 1.807) is 0 Å². The number of ether oxygens (including phenoxy) is 2. The quantitative estimate of drug-likeness (QED) is 0.580. The van der Waals surface area contributed by atoms with Crippen LogP contribution in [-0.2, 0) is 9.47 Å². The Bertz CT molecular complexity index is 403. The van der Waals surface area contributed by atoms with Gasteiger partial charge < -0.3 is 14.6 Å². The smallest absolute Gasteiger partial charge is 0.157 e. The molecule has 0 saturated carbocycles. The molecular weight excluding hydrogens is 288 g/mol. The van der Waals surface area contributed by atoms with E-state index in [4.69, 9.17) is 9.47 Å². The third-order valence-corrected chi connectivity index (χ3v) is 4.26. The standard InChI is InChI=1S/C20H34O3/c1-16(2)19(21)12-11-17(3)8-7-9-18(4)13-15-23-20-10-5-6-14-22-20/h8,13,19-21H,1,5-7,9-12,14-15H2,2-4H3. The van der Waals surface area contributed by atoms with Crippen LogP contribution in [0.5, 0.6) is 0 Å². The lowest BCUT2D eigenvalue weighted by Crippen LogP contribution is -2.22. The van der Waals surface area contributed by atoms with Crippen LogP contribution >= 0.6 is 0 Å². The zero-order valence-corrected chi connectivity index (χ0v) is 15.1. The van der Waals surface area contributed by atoms with Crippen molar-refractivity contribution >= 4 is 0 Å². The molecule has 1 N–H and O–H groups in total. The highest BCUT2D eigenvalue weighted by Gasteiger charge is 2.12. The van der Waals surface area contributed by atoms with Crippen LogP contribution in [0.4, 0.5) is 0 Å². The van der Waals surface area contributed by atoms with Gasteiger partial charge in [0.1, 0.15) is 0 Å². The molecule has 0 aromatic rings. The highest BCUT2D eigenvalue weighted by atomic mass is 16.7. The van der Waals surface area contributed by atoms with Crippen LogP contribution in [-0.4, -0.2) is 30.7 Å². The van der Waals surface area contributed by atoms with E-state index in [0.717, 1.165) is 50.7 Å². The molecule has 0 amide bonds. The van der Waals surface area contributed by atoms with Crippen molar-refractivity contribution in [2.45, 2.75) is 78.1 Å². The minimum Gasteiger partial charge on any atom is -0.389 e. The zero-order chi connectivity index (χ0) is 17.1. The minimum atomic E-state index is -0.376. The molecular formula is C20H34O3. The first-order valence-corrected chi connectivity index (χ1v) is 8.87. The van der Waals surface area contributed by atoms with Crippen molar-refractivity contribution in [3.05, 3.63) is 35.5 Å². The molecule has 0 aliphatic carbocycles. The van der Waals surface area contributed by atoms with Gasteiger partial charge in [0.05, 0.1) is 12.7 Å². The summed E-state index contributed by atoms with van der Waals surface area (Å²) < 4.78 is 11.3. The van der Waals surface area contributed by atoms with E-state index in [2.05, 4.69) is 32.6 Å². The number of hydrogen-bond acceptors (Lipinski definition) is 3. The Morgan fingerprint density at radius 3 is 2.61 bits per heavy atom. The molecule has 2 atom stereocenters. The van der Waals surface area contributed by atoms with Crippen molar-refractivity contribution in [1.29, 1.82) is 0 Å². The van der Waals surface area contributed by atoms with Gasteiger partial charge in [0.25, 0.3) is 0 Å². The van der Waals surface area contributed by atoms with E-state index >= 15 is 0 Å². The second-order valence-electron chi connectivity index (χ2n) is 6.67. The van der Waals surface area contributed by atoms with E-state index in [0.29, 0.717) is 6.61 Å². The van der Waals surface area contributed by atoms with Crippen LogP contribution in [0.3, 0.4) is 0 Å². The molecule has 0 aromatic heterocycles. The van der Waals surface area contributed by atoms with Gasteiger partial charge in [-0.3, -0.25) is 0 Å². The molecule has 2 unspecified atom stereocenters. The normalized spacial score (nSPS) is 21.3. The van der Waals surface area contributed by atoms with Gasteiger partial charge in [0, 0.05) is 6.61 Å². The summed E-state index contributed by atoms with van der Waals surface area (Å²) >= 11 is 0. The van der Waals surface area contributed by atoms with Crippen molar-refractivity contribution in [3.63, 3.8) is 0 Å². The van der Waals surface area contributed by atoms with Crippen molar-refractivity contribution in [1.82, 2.24) is 0 Å². The SMILES string of the molecule is C=C(C)C(O)CCC(C)=CCCC(C)=CCOC1CCCCO1. The van der Waals surface area contributed by atoms with Gasteiger partial charge in [-0.05, 0) is 65.7 Å². The molecule has 23 heavy (non-hydrogen) atoms. The monoisotopic (exact) mass is 322 g/mol. The number of aliphatic hydroxyl groups is 1. The number of allylic oxidation sites excluding steroid dienone is 3. The van der Waals surface area contributed by atoms with E-state index in [1.807, 2.05) is 6.92 Å². The van der Waals surface area contributed by atoms with Gasteiger partial charge in [-0.15, -0.1) is 0 Å². The molecule has 1 aliphatic rings. The second-order valence-corrected chi connectivity index (χ2v) is 6.67. The van der Waals surface area contributed by atoms with Crippen LogP contribution in [0.25, 0.3) is 0 Å². The van der Waals surface area contributed by atoms with E-state index in [1.165, 1.54) is 17.6 Å². The maximum absolute atomic E-state index is 9.73. The first-order valence-electron chi connectivity index (χ1n) is 8.87. The summed E-state index contributed by atoms with van der Waals surface area (Å²) in [4.78, 5) is 0. The Labute approximate surface area is 142 Å². The highest BCUT2D eigenvalue weighted by molar-refractivity contribution is 5.05. The maximum atomic E-state index is 9.73. The second kappa shape index (κ2) is 11.6. The molecule has 3 heteroatoms. The Balaban J connectivity index is 2.15. The molecule has 1 saturated heterocycles. The number of rotatable bonds is 10. The molecule has 0 radical (unpaired) electrons. The Morgan fingerprint density at radius 1 is 1.22 bits per heavy atom. The summed E-state index contributed by atoms with van der Waals surface area (Å²) in [5.41, 5.74) is 3.54. The molecule has 0 spiro atoms. The Kier molecular flexibility index (Phi) is 10.2. The van der Waals surface area contributed by atoms with E-state index in [-0.39, 0.29) is 12.4 Å². The van der Waals surface area contributed by atoms with Crippen LogP contribution < -0.4 is 0 Å². The minimum absolute atomic E-state index is 0.00492. The maximum Gasteiger partial charge on any atom is 0.157 e. The summed E-state index contributed by atoms with van der Waals surface area (Å²) in [5.74, 6) is 0. The van der Waals surface area contributed by atoms with Gasteiger partial charge >= 0.3 is 0 Å². The van der Waals surface area contributed by atoms with Gasteiger partial charge in [-0.25, -0.2) is 0 Å². The third-order valence-electron chi connectivity index (χ3n) is 4.26. The summed E-state index contributed by atoms with van der Waals surface area (Å²) in [7, 11) is 0. The van der Waals surface area contributed by atoms with Crippen LogP contribution in [0.1, 0.15) is 65.7 Å². The average molecular weight is 322 g/mol. The summed E-state index contributed by atoms with van der Waals surface area (Å²) in [6.45, 7) is 11.4. The summed E-state index contributed by atoms with van der Waals surface area (Å²) in [5, 5.41) is 9.73. The molecule has 0 aromatic carbocycles. The van der Waals surface area contributed by atoms with Gasteiger partial charge in [-0.2, -0.15) is 0 Å². The third kappa shape index (κ3) is 9.75. The average Bonchev–Trinajstić information content (AvgIpc) is 2.53. The van der Waals surface area contributed by atoms with Crippen molar-refractivity contribution in [2.75, 3.05) is 13.2 Å². The summed E-state index contributed by atoms with van der Waals surface area (Å²) in [6, 6.07) is 0. The predicted octanol–water partition coefficient (Wildman–Crippen LogP) is 4.92. The molecule has 3 nitrogen and oxygen atoms in total. The van der Waals surface area contributed by atoms with Crippen molar-refractivity contribution < 1.29 is 14.6 Å². The molecule has 1 rings (SSSR count). The first-order chi connectivity index (χ1) is 11.0. The fourth-order valence-corrected chi connectivity index (χ4v) is 2.50. The largest absolute Gasteiger partial charge is 0.389 e. The molecule has 0 bridgehead atoms. The molecule has 132 valence electrons. The fraction of sp³-hybridized carbons (Fsp3) is 0.700. The van der Waals surface area contributed by atoms with Crippen molar-refractivity contribution in [2.24, 2.45) is 0 Å². The van der Waals surface area contributed by atoms with Gasteiger partial charge in [0.2, 0.25) is 0 Å². The van der Waals surface area contributed by atoms with Crippen LogP contribution in [0.2, 0.25) is 0 Å². The number of hydrogen-bond donors (Lipinski definition) is 1. The predicted molar refractivity (Wildman–Crippen MR) is 96.3 cm³/mol. The van der Waals surface area contributed by atoms with E-state index in [9.17, 15) is 5.11 Å². The van der Waals surface area contributed by atoms with Gasteiger partial charge in [0.15, 0.2) is 6.29 Å². The van der Waals surface area contributed by atoms with Crippen LogP contribution in [0, 0.1) is 0 Å². The molecule has 1 fully saturated rings. The molecule has 1 aliphatic heterocycles. The fourth-order valence-electron chi connectivity index (χ4n) is 2.50. The zero-order valence-electron chi connectivity index (χ0n) is 15.1. The lowest BCUT2D eigenvalue weighted by Gasteiger charge is -2.22. The number of aliphatic hydroxyl groups excluding tert-OH is 1. The lowest BCUT2D eigenvalue weighted by atomic mass is 10.0.